The van der Waals surface area contributed by atoms with E-state index in [2.05, 4.69) is 0 Å². The van der Waals surface area contributed by atoms with Gasteiger partial charge in [0.05, 0.1) is 0 Å². The van der Waals surface area contributed by atoms with Crippen LogP contribution in [0.1, 0.15) is 12.5 Å². The number of rotatable bonds is 4. The zero-order chi connectivity index (χ0) is 12.8. The van der Waals surface area contributed by atoms with Crippen molar-refractivity contribution < 1.29 is 9.53 Å². The molecule has 0 fully saturated rings. The molecule has 17 heavy (non-hydrogen) atoms. The van der Waals surface area contributed by atoms with Gasteiger partial charge in [-0.05, 0) is 24.7 Å². The number of hydrogen-bond donors (Lipinski definition) is 0. The maximum atomic E-state index is 11.9. The van der Waals surface area contributed by atoms with Crippen molar-refractivity contribution in [2.75, 3.05) is 14.1 Å². The summed E-state index contributed by atoms with van der Waals surface area (Å²) in [7, 11) is 3.58. The molecule has 1 aromatic carbocycles. The average molecular weight is 251 g/mol. The minimum absolute atomic E-state index is 0.0281. The molecule has 0 N–H and O–H groups in total. The molecule has 0 saturated heterocycles. The third kappa shape index (κ3) is 4.53. The van der Waals surface area contributed by atoms with Gasteiger partial charge in [0.2, 0.25) is 0 Å². The fourth-order valence-electron chi connectivity index (χ4n) is 1.26. The third-order valence-electron chi connectivity index (χ3n) is 2.32. The Morgan fingerprint density at radius 3 is 2.47 bits per heavy atom. The van der Waals surface area contributed by atoms with Gasteiger partial charge in [-0.2, -0.15) is 0 Å². The lowest BCUT2D eigenvalue weighted by Gasteiger charge is -2.18. The lowest BCUT2D eigenvalue weighted by Crippen LogP contribution is -2.31. The highest BCUT2D eigenvalue weighted by molar-refractivity contribution is 7.80. The van der Waals surface area contributed by atoms with Gasteiger partial charge in [-0.15, -0.1) is 0 Å². The second-order valence-electron chi connectivity index (χ2n) is 4.05. The van der Waals surface area contributed by atoms with Crippen molar-refractivity contribution in [3.05, 3.63) is 35.9 Å². The normalized spacial score (nSPS) is 11.7. The first-order valence-corrected chi connectivity index (χ1v) is 5.86. The second kappa shape index (κ2) is 6.35. The Bertz CT molecular complexity index is 390. The number of Topliss-reactive ketones (excluding diaryl/α,β-unsaturated/α-hetero) is 1. The van der Waals surface area contributed by atoms with Crippen LogP contribution < -0.4 is 0 Å². The van der Waals surface area contributed by atoms with E-state index < -0.39 is 6.10 Å². The topological polar surface area (TPSA) is 29.5 Å². The minimum Gasteiger partial charge on any atom is -0.460 e. The van der Waals surface area contributed by atoms with Crippen molar-refractivity contribution in [2.45, 2.75) is 19.4 Å². The largest absolute Gasteiger partial charge is 0.460 e. The third-order valence-corrected chi connectivity index (χ3v) is 2.78. The fourth-order valence-corrected chi connectivity index (χ4v) is 1.41. The maximum absolute atomic E-state index is 11.9. The summed E-state index contributed by atoms with van der Waals surface area (Å²) >= 11 is 4.99. The fraction of sp³-hybridized carbons (Fsp3) is 0.385. The van der Waals surface area contributed by atoms with Gasteiger partial charge in [0.1, 0.15) is 0 Å². The number of benzene rings is 1. The van der Waals surface area contributed by atoms with Crippen LogP contribution in [0.15, 0.2) is 30.3 Å². The van der Waals surface area contributed by atoms with Crippen molar-refractivity contribution in [1.82, 2.24) is 4.90 Å². The van der Waals surface area contributed by atoms with Crippen molar-refractivity contribution in [1.29, 1.82) is 0 Å². The number of ketones is 1. The molecule has 1 atom stereocenters. The molecule has 1 aromatic rings. The highest BCUT2D eigenvalue weighted by atomic mass is 32.1. The van der Waals surface area contributed by atoms with Gasteiger partial charge in [-0.3, -0.25) is 4.79 Å². The monoisotopic (exact) mass is 251 g/mol. The van der Waals surface area contributed by atoms with E-state index in [1.165, 1.54) is 0 Å². The van der Waals surface area contributed by atoms with Gasteiger partial charge in [0.15, 0.2) is 11.9 Å². The number of nitrogens with zero attached hydrogens (tertiary/aromatic N) is 1. The van der Waals surface area contributed by atoms with Gasteiger partial charge >= 0.3 is 0 Å². The van der Waals surface area contributed by atoms with Crippen molar-refractivity contribution in [2.24, 2.45) is 0 Å². The van der Waals surface area contributed by atoms with E-state index in [9.17, 15) is 4.79 Å². The molecule has 0 amide bonds. The lowest BCUT2D eigenvalue weighted by molar-refractivity contribution is -0.125. The summed E-state index contributed by atoms with van der Waals surface area (Å²) in [6.45, 7) is 1.72. The first kappa shape index (κ1) is 13.6. The molecule has 4 heteroatoms. The highest BCUT2D eigenvalue weighted by Gasteiger charge is 2.16. The first-order valence-electron chi connectivity index (χ1n) is 5.45. The van der Waals surface area contributed by atoms with Crippen molar-refractivity contribution in [3.63, 3.8) is 0 Å². The standard InChI is InChI=1S/C13H17NO2S/c1-10(16-13(17)14(2)3)12(15)9-11-7-5-4-6-8-11/h4-8,10H,9H2,1-3H3. The van der Waals surface area contributed by atoms with Crippen LogP contribution in [0, 0.1) is 0 Å². The molecule has 0 aliphatic carbocycles. The molecule has 1 unspecified atom stereocenters. The van der Waals surface area contributed by atoms with E-state index in [0.29, 0.717) is 11.6 Å². The van der Waals surface area contributed by atoms with Crippen LogP contribution in [0.3, 0.4) is 0 Å². The molecular formula is C13H17NO2S. The van der Waals surface area contributed by atoms with Crippen molar-refractivity contribution in [3.8, 4) is 0 Å². The first-order chi connectivity index (χ1) is 8.00. The summed E-state index contributed by atoms with van der Waals surface area (Å²) in [6, 6.07) is 9.61. The van der Waals surface area contributed by atoms with E-state index in [4.69, 9.17) is 17.0 Å². The molecule has 0 spiro atoms. The van der Waals surface area contributed by atoms with Crippen LogP contribution >= 0.6 is 12.2 Å². The smallest absolute Gasteiger partial charge is 0.259 e. The quantitative estimate of drug-likeness (QED) is 0.766. The zero-order valence-corrected chi connectivity index (χ0v) is 11.2. The van der Waals surface area contributed by atoms with Crippen LogP contribution in [0.4, 0.5) is 0 Å². The highest BCUT2D eigenvalue weighted by Crippen LogP contribution is 2.05. The molecule has 0 aromatic heterocycles. The van der Waals surface area contributed by atoms with Crippen LogP contribution in [0.5, 0.6) is 0 Å². The molecule has 0 radical (unpaired) electrons. The minimum atomic E-state index is -0.509. The molecule has 0 saturated carbocycles. The SMILES string of the molecule is CC(OC(=S)N(C)C)C(=O)Cc1ccccc1. The Balaban J connectivity index is 2.51. The van der Waals surface area contributed by atoms with Crippen LogP contribution in [-0.2, 0) is 16.0 Å². The average Bonchev–Trinajstić information content (AvgIpc) is 2.29. The molecule has 0 heterocycles. The van der Waals surface area contributed by atoms with Crippen molar-refractivity contribution >= 4 is 23.2 Å². The molecule has 0 aliphatic rings. The predicted octanol–water partition coefficient (Wildman–Crippen LogP) is 2.05. The number of hydrogen-bond acceptors (Lipinski definition) is 3. The summed E-state index contributed by atoms with van der Waals surface area (Å²) in [6.07, 6.45) is -0.136. The van der Waals surface area contributed by atoms with Crippen LogP contribution in [0.2, 0.25) is 0 Å². The maximum Gasteiger partial charge on any atom is 0.259 e. The number of carbonyl (C=O) groups is 1. The molecule has 92 valence electrons. The summed E-state index contributed by atoms with van der Waals surface area (Å²) in [4.78, 5) is 13.5. The van der Waals surface area contributed by atoms with Crippen LogP contribution in [-0.4, -0.2) is 36.1 Å². The van der Waals surface area contributed by atoms with Gasteiger partial charge in [0, 0.05) is 20.5 Å². The van der Waals surface area contributed by atoms with E-state index in [0.717, 1.165) is 5.56 Å². The van der Waals surface area contributed by atoms with E-state index >= 15 is 0 Å². The summed E-state index contributed by atoms with van der Waals surface area (Å²) < 4.78 is 5.35. The van der Waals surface area contributed by atoms with Gasteiger partial charge < -0.3 is 9.64 Å². The number of carbonyl (C=O) groups excluding carboxylic acids is 1. The second-order valence-corrected chi connectivity index (χ2v) is 4.40. The van der Waals surface area contributed by atoms with E-state index in [1.807, 2.05) is 30.3 Å². The Morgan fingerprint density at radius 1 is 1.35 bits per heavy atom. The number of ether oxygens (including phenoxy) is 1. The predicted molar refractivity (Wildman–Crippen MR) is 72.0 cm³/mol. The lowest BCUT2D eigenvalue weighted by atomic mass is 10.1. The Labute approximate surface area is 107 Å². The van der Waals surface area contributed by atoms with Gasteiger partial charge in [-0.1, -0.05) is 30.3 Å². The molecule has 3 nitrogen and oxygen atoms in total. The summed E-state index contributed by atoms with van der Waals surface area (Å²) in [5, 5.41) is 0.332. The van der Waals surface area contributed by atoms with E-state index in [-0.39, 0.29) is 5.78 Å². The summed E-state index contributed by atoms with van der Waals surface area (Å²) in [5.41, 5.74) is 0.990. The number of thiocarbonyl (C=S) groups is 1. The molecule has 0 aliphatic heterocycles. The Hall–Kier alpha value is -1.42. The van der Waals surface area contributed by atoms with Crippen LogP contribution in [0.25, 0.3) is 0 Å². The summed E-state index contributed by atoms with van der Waals surface area (Å²) in [5.74, 6) is 0.0281. The Morgan fingerprint density at radius 2 is 1.94 bits per heavy atom. The molecule has 0 bridgehead atoms. The Kier molecular flexibility index (Phi) is 5.10. The zero-order valence-electron chi connectivity index (χ0n) is 10.3. The molecule has 1 rings (SSSR count). The van der Waals surface area contributed by atoms with E-state index in [1.54, 1.807) is 25.9 Å². The van der Waals surface area contributed by atoms with Gasteiger partial charge in [-0.25, -0.2) is 0 Å². The van der Waals surface area contributed by atoms with Gasteiger partial charge in [0.25, 0.3) is 5.17 Å². The molecular weight excluding hydrogens is 234 g/mol.